The second kappa shape index (κ2) is 8.37. The van der Waals surface area contributed by atoms with Crippen LogP contribution < -0.4 is 5.32 Å². The van der Waals surface area contributed by atoms with E-state index >= 15 is 0 Å². The first-order chi connectivity index (χ1) is 11.8. The molecule has 2 N–H and O–H groups in total. The van der Waals surface area contributed by atoms with Crippen LogP contribution in [0.4, 0.5) is 11.4 Å². The minimum Gasteiger partial charge on any atom is -0.481 e. The van der Waals surface area contributed by atoms with Gasteiger partial charge < -0.3 is 15.2 Å². The Hall–Kier alpha value is -2.04. The van der Waals surface area contributed by atoms with E-state index in [0.29, 0.717) is 18.1 Å². The summed E-state index contributed by atoms with van der Waals surface area (Å²) in [4.78, 5) is 10.8. The number of nitrogens with one attached hydrogen (secondary N) is 1. The maximum Gasteiger partial charge on any atom is 0.303 e. The van der Waals surface area contributed by atoms with E-state index in [0.717, 1.165) is 22.5 Å². The standard InChI is InChI=1S/C20H24ClNO3/c1-4-25-20(2,3)17-11-5-14(6-12-19(23)24)13-18(17)22-16-9-7-15(21)8-10-16/h5,7-11,13,22H,4,6,12H2,1-3H3,(H,23,24). The summed E-state index contributed by atoms with van der Waals surface area (Å²) in [6.45, 7) is 6.62. The highest BCUT2D eigenvalue weighted by atomic mass is 35.5. The molecule has 0 unspecified atom stereocenters. The molecular formula is C20H24ClNO3. The number of carboxylic acids is 1. The van der Waals surface area contributed by atoms with Crippen LogP contribution in [0.1, 0.15) is 38.3 Å². The van der Waals surface area contributed by atoms with Crippen molar-refractivity contribution in [3.05, 3.63) is 58.6 Å². The molecule has 0 fully saturated rings. The zero-order valence-electron chi connectivity index (χ0n) is 14.8. The smallest absolute Gasteiger partial charge is 0.303 e. The van der Waals surface area contributed by atoms with Crippen molar-refractivity contribution in [3.8, 4) is 0 Å². The number of aryl methyl sites for hydroxylation is 1. The van der Waals surface area contributed by atoms with Gasteiger partial charge in [0.2, 0.25) is 0 Å². The van der Waals surface area contributed by atoms with E-state index in [-0.39, 0.29) is 6.42 Å². The van der Waals surface area contributed by atoms with Crippen LogP contribution in [-0.4, -0.2) is 17.7 Å². The summed E-state index contributed by atoms with van der Waals surface area (Å²) in [5, 5.41) is 13.0. The van der Waals surface area contributed by atoms with Crippen molar-refractivity contribution >= 4 is 28.9 Å². The number of rotatable bonds is 8. The largest absolute Gasteiger partial charge is 0.481 e. The van der Waals surface area contributed by atoms with Gasteiger partial charge >= 0.3 is 5.97 Å². The van der Waals surface area contributed by atoms with Crippen LogP contribution in [0.25, 0.3) is 0 Å². The fourth-order valence-electron chi connectivity index (χ4n) is 2.75. The number of carbonyl (C=O) groups is 1. The number of aliphatic carboxylic acids is 1. The second-order valence-electron chi connectivity index (χ2n) is 6.35. The number of hydrogen-bond acceptors (Lipinski definition) is 3. The van der Waals surface area contributed by atoms with Gasteiger partial charge in [0.25, 0.3) is 0 Å². The quantitative estimate of drug-likeness (QED) is 0.663. The highest BCUT2D eigenvalue weighted by molar-refractivity contribution is 6.30. The third-order valence-corrected chi connectivity index (χ3v) is 4.24. The fourth-order valence-corrected chi connectivity index (χ4v) is 2.88. The topological polar surface area (TPSA) is 58.6 Å². The zero-order valence-corrected chi connectivity index (χ0v) is 15.6. The van der Waals surface area contributed by atoms with E-state index in [1.165, 1.54) is 0 Å². The van der Waals surface area contributed by atoms with Crippen LogP contribution in [-0.2, 0) is 21.6 Å². The lowest BCUT2D eigenvalue weighted by atomic mass is 9.93. The van der Waals surface area contributed by atoms with Gasteiger partial charge in [0.1, 0.15) is 0 Å². The van der Waals surface area contributed by atoms with Gasteiger partial charge in [-0.15, -0.1) is 0 Å². The Morgan fingerprint density at radius 3 is 2.48 bits per heavy atom. The average molecular weight is 362 g/mol. The predicted molar refractivity (Wildman–Crippen MR) is 102 cm³/mol. The molecule has 0 radical (unpaired) electrons. The Labute approximate surface area is 153 Å². The average Bonchev–Trinajstić information content (AvgIpc) is 2.55. The molecule has 0 spiro atoms. The first-order valence-corrected chi connectivity index (χ1v) is 8.71. The minimum absolute atomic E-state index is 0.106. The SMILES string of the molecule is CCOC(C)(C)c1ccc(CCC(=O)O)cc1Nc1ccc(Cl)cc1. The van der Waals surface area contributed by atoms with Crippen LogP contribution in [0.3, 0.4) is 0 Å². The third kappa shape index (κ3) is 5.48. The van der Waals surface area contributed by atoms with Gasteiger partial charge in [-0.2, -0.15) is 0 Å². The van der Waals surface area contributed by atoms with Crippen LogP contribution in [0.5, 0.6) is 0 Å². The molecule has 4 nitrogen and oxygen atoms in total. The second-order valence-corrected chi connectivity index (χ2v) is 6.79. The van der Waals surface area contributed by atoms with Crippen molar-refractivity contribution < 1.29 is 14.6 Å². The Balaban J connectivity index is 2.37. The summed E-state index contributed by atoms with van der Waals surface area (Å²) >= 11 is 5.95. The van der Waals surface area contributed by atoms with E-state index in [2.05, 4.69) is 5.32 Å². The molecule has 0 aliphatic heterocycles. The van der Waals surface area contributed by atoms with Gasteiger partial charge in [-0.3, -0.25) is 4.79 Å². The van der Waals surface area contributed by atoms with Crippen LogP contribution in [0.2, 0.25) is 5.02 Å². The third-order valence-electron chi connectivity index (χ3n) is 3.99. The van der Waals surface area contributed by atoms with Crippen molar-refractivity contribution in [2.24, 2.45) is 0 Å². The molecule has 0 aromatic heterocycles. The molecule has 134 valence electrons. The summed E-state index contributed by atoms with van der Waals surface area (Å²) in [7, 11) is 0. The normalized spacial score (nSPS) is 11.4. The summed E-state index contributed by atoms with van der Waals surface area (Å²) in [6.07, 6.45) is 0.592. The molecule has 0 saturated carbocycles. The van der Waals surface area contributed by atoms with E-state index in [4.69, 9.17) is 21.4 Å². The van der Waals surface area contributed by atoms with E-state index in [1.54, 1.807) is 0 Å². The highest BCUT2D eigenvalue weighted by Gasteiger charge is 2.24. The number of benzene rings is 2. The van der Waals surface area contributed by atoms with Crippen molar-refractivity contribution in [1.82, 2.24) is 0 Å². The maximum absolute atomic E-state index is 10.8. The lowest BCUT2D eigenvalue weighted by Gasteiger charge is -2.28. The summed E-state index contributed by atoms with van der Waals surface area (Å²) in [6, 6.07) is 13.4. The number of ether oxygens (including phenoxy) is 1. The van der Waals surface area contributed by atoms with Crippen molar-refractivity contribution in [1.29, 1.82) is 0 Å². The van der Waals surface area contributed by atoms with Crippen LogP contribution in [0, 0.1) is 0 Å². The first-order valence-electron chi connectivity index (χ1n) is 8.33. The molecule has 0 aliphatic rings. The van der Waals surface area contributed by atoms with Gasteiger partial charge in [0.05, 0.1) is 5.60 Å². The van der Waals surface area contributed by atoms with E-state index in [1.807, 2.05) is 63.2 Å². The lowest BCUT2D eigenvalue weighted by molar-refractivity contribution is -0.136. The molecule has 0 saturated heterocycles. The van der Waals surface area contributed by atoms with Crippen LogP contribution in [0.15, 0.2) is 42.5 Å². The molecule has 25 heavy (non-hydrogen) atoms. The molecule has 0 heterocycles. The summed E-state index contributed by atoms with van der Waals surface area (Å²) in [5.41, 5.74) is 3.34. The number of carboxylic acid groups (broad SMARTS) is 1. The molecule has 0 atom stereocenters. The Morgan fingerprint density at radius 2 is 1.88 bits per heavy atom. The molecule has 2 aromatic rings. The number of anilines is 2. The fraction of sp³-hybridized carbons (Fsp3) is 0.350. The van der Waals surface area contributed by atoms with Gasteiger partial charge in [0.15, 0.2) is 0 Å². The zero-order chi connectivity index (χ0) is 18.4. The number of halogens is 1. The summed E-state index contributed by atoms with van der Waals surface area (Å²) < 4.78 is 5.90. The predicted octanol–water partition coefficient (Wildman–Crippen LogP) is 5.37. The highest BCUT2D eigenvalue weighted by Crippen LogP contribution is 2.34. The molecule has 0 aliphatic carbocycles. The van der Waals surface area contributed by atoms with Crippen molar-refractivity contribution in [2.45, 2.75) is 39.2 Å². The van der Waals surface area contributed by atoms with E-state index in [9.17, 15) is 4.79 Å². The lowest BCUT2D eigenvalue weighted by Crippen LogP contribution is -2.23. The Morgan fingerprint density at radius 1 is 1.20 bits per heavy atom. The van der Waals surface area contributed by atoms with E-state index < -0.39 is 11.6 Å². The maximum atomic E-state index is 10.8. The number of hydrogen-bond donors (Lipinski definition) is 2. The van der Waals surface area contributed by atoms with Gasteiger partial charge in [-0.1, -0.05) is 23.7 Å². The van der Waals surface area contributed by atoms with Crippen LogP contribution >= 0.6 is 11.6 Å². The molecule has 2 aromatic carbocycles. The van der Waals surface area contributed by atoms with Gasteiger partial charge in [-0.05, 0) is 63.1 Å². The van der Waals surface area contributed by atoms with Gasteiger partial charge in [0, 0.05) is 35.0 Å². The molecule has 5 heteroatoms. The Bertz CT molecular complexity index is 726. The molecule has 2 rings (SSSR count). The Kier molecular flexibility index (Phi) is 6.45. The minimum atomic E-state index is -0.800. The van der Waals surface area contributed by atoms with Crippen molar-refractivity contribution in [3.63, 3.8) is 0 Å². The molecular weight excluding hydrogens is 338 g/mol. The first kappa shape index (κ1) is 19.3. The van der Waals surface area contributed by atoms with Gasteiger partial charge in [-0.25, -0.2) is 0 Å². The molecule has 0 bridgehead atoms. The van der Waals surface area contributed by atoms with Crippen molar-refractivity contribution in [2.75, 3.05) is 11.9 Å². The summed E-state index contributed by atoms with van der Waals surface area (Å²) in [5.74, 6) is -0.800. The monoisotopic (exact) mass is 361 g/mol. The molecule has 0 amide bonds.